The summed E-state index contributed by atoms with van der Waals surface area (Å²) in [6, 6.07) is 0. The van der Waals surface area contributed by atoms with Gasteiger partial charge in [0.1, 0.15) is 0 Å². The van der Waals surface area contributed by atoms with Crippen molar-refractivity contribution in [3.63, 3.8) is 0 Å². The van der Waals surface area contributed by atoms with Gasteiger partial charge < -0.3 is 0 Å². The van der Waals surface area contributed by atoms with E-state index < -0.39 is 8.11 Å². The van der Waals surface area contributed by atoms with E-state index in [2.05, 4.69) is 0 Å². The Hall–Kier alpha value is 0.797. The smallest absolute Gasteiger partial charge is 0.168 e. The molecule has 0 atom stereocenters. The maximum atomic E-state index is 5.43. The molecule has 0 bridgehead atoms. The van der Waals surface area contributed by atoms with Crippen molar-refractivity contribution >= 4 is 30.8 Å². The van der Waals surface area contributed by atoms with Crippen molar-refractivity contribution in [2.24, 2.45) is 0 Å². The van der Waals surface area contributed by atoms with Crippen LogP contribution >= 0.6 is 22.7 Å². The average molecular weight is 128 g/mol. The molecule has 5 heavy (non-hydrogen) atoms. The van der Waals surface area contributed by atoms with Crippen LogP contribution in [0.3, 0.4) is 0 Å². The molecule has 0 aromatic heterocycles. The molecule has 1 radical (unpaired) electrons. The Balaban J connectivity index is 2.54. The summed E-state index contributed by atoms with van der Waals surface area (Å²) in [4.78, 5) is 0. The van der Waals surface area contributed by atoms with Gasteiger partial charge in [0.15, 0.2) is 8.11 Å². The first-order valence-corrected chi connectivity index (χ1v) is 5.06. The number of hydrogen-bond donors (Lipinski definition) is 0. The van der Waals surface area contributed by atoms with E-state index in [1.165, 1.54) is 0 Å². The highest BCUT2D eigenvalue weighted by Crippen LogP contribution is 1.88. The first kappa shape index (κ1) is 5.80. The van der Waals surface area contributed by atoms with Gasteiger partial charge in [-0.1, -0.05) is 6.55 Å². The third kappa shape index (κ3) is 4.80. The van der Waals surface area contributed by atoms with Crippen molar-refractivity contribution < 1.29 is 0 Å². The second-order valence-corrected chi connectivity index (χ2v) is 5.17. The van der Waals surface area contributed by atoms with Gasteiger partial charge in [-0.15, -0.1) is 11.6 Å². The highest BCUT2D eigenvalue weighted by molar-refractivity contribution is 7.08. The van der Waals surface area contributed by atoms with E-state index in [9.17, 15) is 0 Å². The van der Waals surface area contributed by atoms with E-state index >= 15 is 0 Å². The Kier molecular flexibility index (Phi) is 3.48. The van der Waals surface area contributed by atoms with Gasteiger partial charge in [-0.05, 0) is 0 Å². The Morgan fingerprint density at radius 3 is 2.00 bits per heavy atom. The molecule has 0 aliphatic heterocycles. The van der Waals surface area contributed by atoms with Gasteiger partial charge in [0.2, 0.25) is 0 Å². The van der Waals surface area contributed by atoms with E-state index in [1.54, 1.807) is 0 Å². The van der Waals surface area contributed by atoms with Crippen LogP contribution in [0.2, 0.25) is 6.55 Å². The second kappa shape index (κ2) is 3.01. The van der Waals surface area contributed by atoms with Crippen LogP contribution in [-0.2, 0) is 0 Å². The van der Waals surface area contributed by atoms with Crippen LogP contribution in [0, 0.1) is 0 Å². The largest absolute Gasteiger partial charge is 0.177 e. The lowest BCUT2D eigenvalue weighted by molar-refractivity contribution is 2.00. The predicted octanol–water partition coefficient (Wildman–Crippen LogP) is 1.62. The van der Waals surface area contributed by atoms with Gasteiger partial charge in [-0.2, -0.15) is 11.1 Å². The predicted molar refractivity (Wildman–Crippen MR) is 28.2 cm³/mol. The van der Waals surface area contributed by atoms with Crippen LogP contribution < -0.4 is 0 Å². The quantitative estimate of drug-likeness (QED) is 0.286. The van der Waals surface area contributed by atoms with Crippen LogP contribution in [0.4, 0.5) is 0 Å². The summed E-state index contributed by atoms with van der Waals surface area (Å²) in [5.41, 5.74) is 0.645. The lowest BCUT2D eigenvalue weighted by Gasteiger charge is -1.81. The van der Waals surface area contributed by atoms with Crippen molar-refractivity contribution in [2.75, 3.05) is 5.50 Å². The van der Waals surface area contributed by atoms with Crippen molar-refractivity contribution in [3.05, 3.63) is 0 Å². The lowest BCUT2D eigenvalue weighted by atomic mass is 11.9. The standard InChI is InChI=1S/C2H5Cl2Si/c1-5(4)2-3/h2H2,1H3. The number of alkyl halides is 1. The van der Waals surface area contributed by atoms with Crippen LogP contribution in [0.5, 0.6) is 0 Å². The van der Waals surface area contributed by atoms with Gasteiger partial charge in [-0.3, -0.25) is 0 Å². The van der Waals surface area contributed by atoms with Gasteiger partial charge in [0.25, 0.3) is 0 Å². The molecule has 31 valence electrons. The molecule has 0 N–H and O–H groups in total. The summed E-state index contributed by atoms with van der Waals surface area (Å²) >= 11 is 10.7. The first-order valence-electron chi connectivity index (χ1n) is 1.31. The van der Waals surface area contributed by atoms with Crippen molar-refractivity contribution in [1.82, 2.24) is 0 Å². The van der Waals surface area contributed by atoms with Crippen LogP contribution in [0.1, 0.15) is 0 Å². The third-order valence-corrected chi connectivity index (χ3v) is 2.57. The zero-order valence-corrected chi connectivity index (χ0v) is 5.47. The van der Waals surface area contributed by atoms with Gasteiger partial charge in [-0.25, -0.2) is 0 Å². The Morgan fingerprint density at radius 1 is 1.80 bits per heavy atom. The molecule has 0 aromatic carbocycles. The summed E-state index contributed by atoms with van der Waals surface area (Å²) in [6.45, 7) is 1.96. The van der Waals surface area contributed by atoms with Crippen molar-refractivity contribution in [1.29, 1.82) is 0 Å². The fourth-order valence-corrected chi connectivity index (χ4v) is 0. The summed E-state index contributed by atoms with van der Waals surface area (Å²) in [5.74, 6) is 0. The minimum Gasteiger partial charge on any atom is -0.168 e. The molecule has 0 fully saturated rings. The highest BCUT2D eigenvalue weighted by Gasteiger charge is 1.90. The zero-order valence-electron chi connectivity index (χ0n) is 2.96. The van der Waals surface area contributed by atoms with E-state index in [4.69, 9.17) is 22.7 Å². The van der Waals surface area contributed by atoms with Gasteiger partial charge >= 0.3 is 0 Å². The molecular formula is C2H5Cl2Si. The molecule has 0 unspecified atom stereocenters. The maximum absolute atomic E-state index is 5.43. The van der Waals surface area contributed by atoms with Gasteiger partial charge in [0.05, 0.1) is 0 Å². The first-order chi connectivity index (χ1) is 2.27. The minimum atomic E-state index is -0.636. The molecule has 0 nitrogen and oxygen atoms in total. The molecular weight excluding hydrogens is 123 g/mol. The SMILES string of the molecule is C[Si](Cl)CCl. The van der Waals surface area contributed by atoms with E-state index in [1.807, 2.05) is 6.55 Å². The molecule has 0 rings (SSSR count). The topological polar surface area (TPSA) is 0 Å². The molecule has 0 heterocycles. The molecule has 0 saturated heterocycles. The zero-order chi connectivity index (χ0) is 4.28. The minimum absolute atomic E-state index is 0.636. The Morgan fingerprint density at radius 2 is 2.00 bits per heavy atom. The summed E-state index contributed by atoms with van der Waals surface area (Å²) < 4.78 is 0. The fourth-order valence-electron chi connectivity index (χ4n) is 0. The molecule has 0 saturated carbocycles. The lowest BCUT2D eigenvalue weighted by Crippen LogP contribution is -1.95. The molecule has 0 aliphatic carbocycles. The molecule has 0 aromatic rings. The van der Waals surface area contributed by atoms with E-state index in [-0.39, 0.29) is 0 Å². The number of halogens is 2. The van der Waals surface area contributed by atoms with E-state index in [0.717, 1.165) is 0 Å². The Bertz CT molecular complexity index is 21.6. The summed E-state index contributed by atoms with van der Waals surface area (Å²) in [7, 11) is -0.636. The van der Waals surface area contributed by atoms with Crippen molar-refractivity contribution in [2.45, 2.75) is 6.55 Å². The average Bonchev–Trinajstić information content (AvgIpc) is 1.38. The number of rotatable bonds is 1. The van der Waals surface area contributed by atoms with Crippen LogP contribution in [-0.4, -0.2) is 13.6 Å². The van der Waals surface area contributed by atoms with E-state index in [0.29, 0.717) is 5.50 Å². The van der Waals surface area contributed by atoms with Crippen molar-refractivity contribution in [3.8, 4) is 0 Å². The second-order valence-electron chi connectivity index (χ2n) is 0.810. The fraction of sp³-hybridized carbons (Fsp3) is 1.00. The monoisotopic (exact) mass is 127 g/mol. The van der Waals surface area contributed by atoms with Crippen LogP contribution in [0.15, 0.2) is 0 Å². The summed E-state index contributed by atoms with van der Waals surface area (Å²) in [6.07, 6.45) is 0. The van der Waals surface area contributed by atoms with Gasteiger partial charge in [0, 0.05) is 5.50 Å². The van der Waals surface area contributed by atoms with Crippen LogP contribution in [0.25, 0.3) is 0 Å². The Labute approximate surface area is 43.4 Å². The maximum Gasteiger partial charge on any atom is 0.177 e. The third-order valence-electron chi connectivity index (χ3n) is 0.184. The molecule has 3 heteroatoms. The normalized spacial score (nSPS) is 9.60. The summed E-state index contributed by atoms with van der Waals surface area (Å²) in [5, 5.41) is 0. The highest BCUT2D eigenvalue weighted by atomic mass is 35.6. The molecule has 0 spiro atoms. The molecule has 0 aliphatic rings. The molecule has 0 amide bonds. The number of hydrogen-bond acceptors (Lipinski definition) is 0.